The van der Waals surface area contributed by atoms with E-state index in [-0.39, 0.29) is 11.2 Å². The highest BCUT2D eigenvalue weighted by molar-refractivity contribution is 5.48. The van der Waals surface area contributed by atoms with Crippen LogP contribution in [0.25, 0.3) is 0 Å². The van der Waals surface area contributed by atoms with Gasteiger partial charge in [-0.1, -0.05) is 13.8 Å². The van der Waals surface area contributed by atoms with E-state index in [2.05, 4.69) is 26.8 Å². The third-order valence-corrected chi connectivity index (χ3v) is 7.07. The maximum Gasteiger partial charge on any atom is 0.127 e. The molecule has 2 fully saturated rings. The molecule has 0 radical (unpaired) electrons. The Hall–Kier alpha value is -1.22. The molecular formula is C22H32O3. The smallest absolute Gasteiger partial charge is 0.127 e. The predicted molar refractivity (Wildman–Crippen MR) is 99.2 cm³/mol. The van der Waals surface area contributed by atoms with Gasteiger partial charge in [0, 0.05) is 5.56 Å². The topological polar surface area (TPSA) is 42.0 Å². The highest BCUT2D eigenvalue weighted by Gasteiger charge is 2.58. The van der Waals surface area contributed by atoms with Gasteiger partial charge in [0.05, 0.1) is 12.2 Å². The Labute approximate surface area is 151 Å². The fraction of sp³-hybridized carbons (Fsp3) is 0.727. The number of phenolic OH excluding ortho intramolecular Hbond substituents is 1. The molecule has 3 atom stereocenters. The van der Waals surface area contributed by atoms with Crippen molar-refractivity contribution < 1.29 is 14.6 Å². The summed E-state index contributed by atoms with van der Waals surface area (Å²) in [6, 6.07) is 3.91. The second kappa shape index (κ2) is 5.64. The zero-order valence-electron chi connectivity index (χ0n) is 16.2. The standard InChI is InChI=1S/C22H32O3/c1-15-12-17(23)16-6-10-21(4,25-18(16)13-15)11-7-19-20(2,3)8-5-9-22(19)14-24-22/h12-13,19,23H,5-11,14H2,1-4H3. The maximum absolute atomic E-state index is 10.2. The van der Waals surface area contributed by atoms with Crippen molar-refractivity contribution in [3.8, 4) is 11.5 Å². The van der Waals surface area contributed by atoms with E-state index in [0.29, 0.717) is 17.1 Å². The van der Waals surface area contributed by atoms with Crippen molar-refractivity contribution >= 4 is 0 Å². The van der Waals surface area contributed by atoms with E-state index in [4.69, 9.17) is 9.47 Å². The van der Waals surface area contributed by atoms with Crippen LogP contribution in [0.2, 0.25) is 0 Å². The molecule has 1 aromatic rings. The van der Waals surface area contributed by atoms with Crippen LogP contribution in [0.1, 0.15) is 70.4 Å². The summed E-state index contributed by atoms with van der Waals surface area (Å²) in [5, 5.41) is 10.2. The molecule has 1 saturated heterocycles. The van der Waals surface area contributed by atoms with Gasteiger partial charge in [-0.05, 0) is 87.8 Å². The first-order valence-corrected chi connectivity index (χ1v) is 9.89. The molecule has 25 heavy (non-hydrogen) atoms. The summed E-state index contributed by atoms with van der Waals surface area (Å²) in [5.41, 5.74) is 2.41. The van der Waals surface area contributed by atoms with E-state index in [1.807, 2.05) is 13.0 Å². The van der Waals surface area contributed by atoms with E-state index < -0.39 is 0 Å². The first-order valence-electron chi connectivity index (χ1n) is 9.89. The highest BCUT2D eigenvalue weighted by Crippen LogP contribution is 2.56. The van der Waals surface area contributed by atoms with Gasteiger partial charge in [-0.2, -0.15) is 0 Å². The number of aromatic hydroxyl groups is 1. The zero-order chi connectivity index (χ0) is 17.9. The zero-order valence-corrected chi connectivity index (χ0v) is 16.2. The van der Waals surface area contributed by atoms with Crippen LogP contribution in [0.3, 0.4) is 0 Å². The largest absolute Gasteiger partial charge is 0.508 e. The third kappa shape index (κ3) is 3.05. The van der Waals surface area contributed by atoms with Crippen LogP contribution >= 0.6 is 0 Å². The number of aryl methyl sites for hydroxylation is 1. The molecule has 1 N–H and O–H groups in total. The Bertz CT molecular complexity index is 668. The number of hydrogen-bond acceptors (Lipinski definition) is 3. The van der Waals surface area contributed by atoms with Crippen LogP contribution in [-0.2, 0) is 11.2 Å². The fourth-order valence-electron chi connectivity index (χ4n) is 5.43. The van der Waals surface area contributed by atoms with Crippen LogP contribution in [-0.4, -0.2) is 22.9 Å². The van der Waals surface area contributed by atoms with Crippen molar-refractivity contribution in [2.45, 2.75) is 83.8 Å². The second-order valence-electron chi connectivity index (χ2n) is 9.60. The van der Waals surface area contributed by atoms with Crippen molar-refractivity contribution in [1.82, 2.24) is 0 Å². The number of epoxide rings is 1. The maximum atomic E-state index is 10.2. The summed E-state index contributed by atoms with van der Waals surface area (Å²) in [4.78, 5) is 0. The average Bonchev–Trinajstić information content (AvgIpc) is 3.25. The van der Waals surface area contributed by atoms with Gasteiger partial charge >= 0.3 is 0 Å². The molecule has 1 spiro atoms. The van der Waals surface area contributed by atoms with Crippen molar-refractivity contribution in [2.24, 2.45) is 11.3 Å². The van der Waals surface area contributed by atoms with Crippen LogP contribution < -0.4 is 4.74 Å². The van der Waals surface area contributed by atoms with Gasteiger partial charge in [-0.25, -0.2) is 0 Å². The minimum Gasteiger partial charge on any atom is -0.508 e. The average molecular weight is 344 g/mol. The second-order valence-corrected chi connectivity index (χ2v) is 9.60. The Morgan fingerprint density at radius 2 is 1.92 bits per heavy atom. The molecule has 3 nitrogen and oxygen atoms in total. The molecule has 2 aliphatic heterocycles. The van der Waals surface area contributed by atoms with Crippen LogP contribution in [0.4, 0.5) is 0 Å². The molecule has 138 valence electrons. The molecule has 2 heterocycles. The molecule has 1 aromatic carbocycles. The molecule has 4 rings (SSSR count). The Morgan fingerprint density at radius 3 is 2.64 bits per heavy atom. The number of benzene rings is 1. The number of phenols is 1. The van der Waals surface area contributed by atoms with E-state index in [1.54, 1.807) is 0 Å². The highest BCUT2D eigenvalue weighted by atomic mass is 16.6. The van der Waals surface area contributed by atoms with Gasteiger partial charge in [-0.3, -0.25) is 0 Å². The summed E-state index contributed by atoms with van der Waals surface area (Å²) in [5.74, 6) is 1.89. The van der Waals surface area contributed by atoms with Crippen molar-refractivity contribution in [3.63, 3.8) is 0 Å². The fourth-order valence-corrected chi connectivity index (χ4v) is 5.43. The van der Waals surface area contributed by atoms with Gasteiger partial charge < -0.3 is 14.6 Å². The van der Waals surface area contributed by atoms with E-state index in [9.17, 15) is 5.11 Å². The van der Waals surface area contributed by atoms with Gasteiger partial charge in [0.15, 0.2) is 0 Å². The van der Waals surface area contributed by atoms with Crippen molar-refractivity contribution in [3.05, 3.63) is 23.3 Å². The first kappa shape index (κ1) is 17.2. The number of ether oxygens (including phenoxy) is 2. The molecule has 0 amide bonds. The van der Waals surface area contributed by atoms with Gasteiger partial charge in [-0.15, -0.1) is 0 Å². The lowest BCUT2D eigenvalue weighted by Gasteiger charge is -2.45. The molecule has 1 aliphatic carbocycles. The number of rotatable bonds is 3. The lowest BCUT2D eigenvalue weighted by molar-refractivity contribution is 0.00233. The summed E-state index contributed by atoms with van der Waals surface area (Å²) in [6.45, 7) is 10.0. The summed E-state index contributed by atoms with van der Waals surface area (Å²) in [7, 11) is 0. The van der Waals surface area contributed by atoms with Crippen LogP contribution in [0, 0.1) is 18.3 Å². The van der Waals surface area contributed by atoms with Crippen molar-refractivity contribution in [2.75, 3.05) is 6.61 Å². The van der Waals surface area contributed by atoms with Gasteiger partial charge in [0.25, 0.3) is 0 Å². The summed E-state index contributed by atoms with van der Waals surface area (Å²) < 4.78 is 12.4. The molecule has 3 unspecified atom stereocenters. The molecule has 0 aromatic heterocycles. The lowest BCUT2D eigenvalue weighted by Crippen LogP contribution is -2.43. The first-order chi connectivity index (χ1) is 11.7. The SMILES string of the molecule is Cc1cc(O)c2c(c1)OC(C)(CCC1C(C)(C)CCCC13CO3)CC2. The molecule has 3 aliphatic rings. The molecule has 1 saturated carbocycles. The normalized spacial score (nSPS) is 35.9. The monoisotopic (exact) mass is 344 g/mol. The number of hydrogen-bond donors (Lipinski definition) is 1. The summed E-state index contributed by atoms with van der Waals surface area (Å²) in [6.07, 6.45) is 7.91. The third-order valence-electron chi connectivity index (χ3n) is 7.07. The predicted octanol–water partition coefficient (Wildman–Crippen LogP) is 5.16. The van der Waals surface area contributed by atoms with E-state index in [0.717, 1.165) is 49.2 Å². The van der Waals surface area contributed by atoms with Gasteiger partial charge in [0.2, 0.25) is 0 Å². The van der Waals surface area contributed by atoms with E-state index in [1.165, 1.54) is 19.3 Å². The van der Waals surface area contributed by atoms with Crippen molar-refractivity contribution in [1.29, 1.82) is 0 Å². The Morgan fingerprint density at radius 1 is 1.16 bits per heavy atom. The lowest BCUT2D eigenvalue weighted by atomic mass is 9.61. The van der Waals surface area contributed by atoms with Gasteiger partial charge in [0.1, 0.15) is 17.1 Å². The quantitative estimate of drug-likeness (QED) is 0.770. The summed E-state index contributed by atoms with van der Waals surface area (Å²) >= 11 is 0. The minimum absolute atomic E-state index is 0.142. The molecular weight excluding hydrogens is 312 g/mol. The van der Waals surface area contributed by atoms with Crippen LogP contribution in [0.15, 0.2) is 12.1 Å². The Balaban J connectivity index is 1.49. The molecule has 3 heteroatoms. The number of fused-ring (bicyclic) bond motifs is 1. The molecule has 0 bridgehead atoms. The minimum atomic E-state index is -0.142. The Kier molecular flexibility index (Phi) is 3.88. The van der Waals surface area contributed by atoms with E-state index >= 15 is 0 Å². The van der Waals surface area contributed by atoms with Crippen LogP contribution in [0.5, 0.6) is 11.5 Å².